The van der Waals surface area contributed by atoms with Crippen molar-refractivity contribution in [2.75, 3.05) is 30.6 Å². The number of sulfone groups is 1. The first-order valence-corrected chi connectivity index (χ1v) is 13.8. The maximum absolute atomic E-state index is 12.9. The van der Waals surface area contributed by atoms with E-state index in [1.54, 1.807) is 72.8 Å². The van der Waals surface area contributed by atoms with Crippen molar-refractivity contribution in [3.63, 3.8) is 0 Å². The standard InChI is InChI=1S/C24H27N5O3S.C2H6.CH5N/c1-3-15-29(28-20-8-6-7-18(16-20)23(25)26)24(30)27-19-13-11-17(12-14-19)21-9-4-5-10-22(21)33(2,31)32;2*1-2/h4-14,16,28H,3,15H2,1-2H3,(H3,25,26)(H,27,30);1-2H3;2H2,1H3. The van der Waals surface area contributed by atoms with E-state index in [0.29, 0.717) is 29.0 Å². The van der Waals surface area contributed by atoms with Crippen LogP contribution in [0, 0.1) is 5.41 Å². The number of nitrogens with one attached hydrogen (secondary N) is 3. The van der Waals surface area contributed by atoms with E-state index in [4.69, 9.17) is 11.1 Å². The van der Waals surface area contributed by atoms with E-state index in [0.717, 1.165) is 12.0 Å². The van der Waals surface area contributed by atoms with E-state index in [1.807, 2.05) is 20.8 Å². The van der Waals surface area contributed by atoms with Gasteiger partial charge in [-0.1, -0.05) is 63.2 Å². The van der Waals surface area contributed by atoms with Gasteiger partial charge in [0.2, 0.25) is 0 Å². The summed E-state index contributed by atoms with van der Waals surface area (Å²) < 4.78 is 24.2. The van der Waals surface area contributed by atoms with Crippen LogP contribution in [0.5, 0.6) is 0 Å². The van der Waals surface area contributed by atoms with Gasteiger partial charge >= 0.3 is 6.03 Å². The first kappa shape index (κ1) is 31.1. The van der Waals surface area contributed by atoms with Gasteiger partial charge in [0, 0.05) is 29.6 Å². The van der Waals surface area contributed by atoms with E-state index >= 15 is 0 Å². The number of benzene rings is 3. The number of hydrazine groups is 1. The molecule has 0 aliphatic rings. The van der Waals surface area contributed by atoms with Crippen LogP contribution in [-0.4, -0.2) is 45.1 Å². The molecule has 0 bridgehead atoms. The molecule has 3 rings (SSSR count). The Bertz CT molecular complexity index is 1260. The summed E-state index contributed by atoms with van der Waals surface area (Å²) in [5.74, 6) is -0.0531. The molecule has 0 atom stereocenters. The lowest BCUT2D eigenvalue weighted by atomic mass is 10.1. The Morgan fingerprint density at radius 1 is 0.946 bits per heavy atom. The molecule has 0 aliphatic heterocycles. The van der Waals surface area contributed by atoms with Crippen molar-refractivity contribution in [1.29, 1.82) is 5.41 Å². The van der Waals surface area contributed by atoms with Gasteiger partial charge in [-0.3, -0.25) is 10.8 Å². The highest BCUT2D eigenvalue weighted by Gasteiger charge is 2.16. The fourth-order valence-corrected chi connectivity index (χ4v) is 4.21. The lowest BCUT2D eigenvalue weighted by Crippen LogP contribution is -2.40. The van der Waals surface area contributed by atoms with Crippen LogP contribution in [0.3, 0.4) is 0 Å². The average molecular weight is 527 g/mol. The Kier molecular flexibility index (Phi) is 12.9. The number of anilines is 2. The molecule has 0 saturated carbocycles. The summed E-state index contributed by atoms with van der Waals surface area (Å²) in [5, 5.41) is 11.9. The predicted molar refractivity (Wildman–Crippen MR) is 154 cm³/mol. The summed E-state index contributed by atoms with van der Waals surface area (Å²) in [6.45, 7) is 6.41. The Morgan fingerprint density at radius 3 is 2.14 bits per heavy atom. The highest BCUT2D eigenvalue weighted by Crippen LogP contribution is 2.28. The summed E-state index contributed by atoms with van der Waals surface area (Å²) >= 11 is 0. The lowest BCUT2D eigenvalue weighted by molar-refractivity contribution is 0.222. The molecular weight excluding hydrogens is 488 g/mol. The zero-order valence-electron chi connectivity index (χ0n) is 22.1. The number of amidine groups is 1. The fourth-order valence-electron chi connectivity index (χ4n) is 3.30. The van der Waals surface area contributed by atoms with Crippen LogP contribution in [0.4, 0.5) is 16.2 Å². The minimum atomic E-state index is -3.37. The van der Waals surface area contributed by atoms with Gasteiger partial charge in [-0.15, -0.1) is 0 Å². The van der Waals surface area contributed by atoms with Crippen molar-refractivity contribution < 1.29 is 13.2 Å². The molecular formula is C27H38N6O3S. The van der Waals surface area contributed by atoms with Gasteiger partial charge in [-0.05, 0) is 49.4 Å². The minimum absolute atomic E-state index is 0.0531. The van der Waals surface area contributed by atoms with Crippen molar-refractivity contribution in [2.45, 2.75) is 32.1 Å². The smallest absolute Gasteiger partial charge is 0.340 e. The fraction of sp³-hybridized carbons (Fsp3) is 0.259. The highest BCUT2D eigenvalue weighted by molar-refractivity contribution is 7.90. The molecule has 0 aromatic heterocycles. The summed E-state index contributed by atoms with van der Waals surface area (Å²) in [5.41, 5.74) is 16.2. The van der Waals surface area contributed by atoms with E-state index in [1.165, 1.54) is 18.3 Å². The third-order valence-corrected chi connectivity index (χ3v) is 6.02. The van der Waals surface area contributed by atoms with Crippen LogP contribution in [0.25, 0.3) is 11.1 Å². The van der Waals surface area contributed by atoms with Crippen LogP contribution in [0.15, 0.2) is 77.7 Å². The Hall–Kier alpha value is -3.89. The zero-order valence-corrected chi connectivity index (χ0v) is 22.9. The maximum Gasteiger partial charge on any atom is 0.340 e. The van der Waals surface area contributed by atoms with Gasteiger partial charge in [-0.25, -0.2) is 18.2 Å². The summed E-state index contributed by atoms with van der Waals surface area (Å²) in [7, 11) is -1.87. The molecule has 3 aromatic carbocycles. The normalized spacial score (nSPS) is 10.1. The van der Waals surface area contributed by atoms with Crippen LogP contribution in [0.2, 0.25) is 0 Å². The molecule has 0 heterocycles. The summed E-state index contributed by atoms with van der Waals surface area (Å²) in [6, 6.07) is 20.4. The third-order valence-electron chi connectivity index (χ3n) is 4.86. The topological polar surface area (TPSA) is 154 Å². The van der Waals surface area contributed by atoms with Gasteiger partial charge in [0.15, 0.2) is 9.84 Å². The second kappa shape index (κ2) is 15.3. The molecule has 200 valence electrons. The van der Waals surface area contributed by atoms with Crippen LogP contribution >= 0.6 is 0 Å². The molecule has 7 N–H and O–H groups in total. The minimum Gasteiger partial charge on any atom is -0.384 e. The van der Waals surface area contributed by atoms with Crippen LogP contribution in [0.1, 0.15) is 32.8 Å². The van der Waals surface area contributed by atoms with E-state index in [-0.39, 0.29) is 16.8 Å². The number of hydrogen-bond donors (Lipinski definition) is 5. The van der Waals surface area contributed by atoms with Gasteiger partial charge in [0.05, 0.1) is 10.6 Å². The molecule has 0 unspecified atom stereocenters. The molecule has 37 heavy (non-hydrogen) atoms. The molecule has 0 aliphatic carbocycles. The third kappa shape index (κ3) is 9.25. The molecule has 2 amide bonds. The van der Waals surface area contributed by atoms with Crippen molar-refractivity contribution >= 4 is 33.1 Å². The molecule has 0 fully saturated rings. The lowest BCUT2D eigenvalue weighted by Gasteiger charge is -2.24. The largest absolute Gasteiger partial charge is 0.384 e. The maximum atomic E-state index is 12.9. The Morgan fingerprint density at radius 2 is 1.57 bits per heavy atom. The second-order valence-electron chi connectivity index (χ2n) is 7.53. The molecule has 0 radical (unpaired) electrons. The number of carbonyl (C=O) groups is 1. The number of urea groups is 1. The number of carbonyl (C=O) groups excluding carboxylic acids is 1. The van der Waals surface area contributed by atoms with E-state index in [9.17, 15) is 13.2 Å². The number of nitrogens with two attached hydrogens (primary N) is 2. The Labute approximate surface area is 220 Å². The van der Waals surface area contributed by atoms with Gasteiger partial charge in [0.25, 0.3) is 0 Å². The first-order chi connectivity index (χ1) is 17.7. The second-order valence-corrected chi connectivity index (χ2v) is 9.52. The number of hydrogen-bond acceptors (Lipinski definition) is 6. The van der Waals surface area contributed by atoms with E-state index < -0.39 is 9.84 Å². The van der Waals surface area contributed by atoms with Crippen LogP contribution in [-0.2, 0) is 9.84 Å². The average Bonchev–Trinajstić information content (AvgIpc) is 2.91. The summed E-state index contributed by atoms with van der Waals surface area (Å²) in [6.07, 6.45) is 1.91. The number of nitrogens with zero attached hydrogens (tertiary/aromatic N) is 1. The van der Waals surface area contributed by atoms with Crippen molar-refractivity contribution in [1.82, 2.24) is 5.01 Å². The monoisotopic (exact) mass is 526 g/mol. The SMILES string of the molecule is CC.CCCN(Nc1cccc(C(=N)N)c1)C(=O)Nc1ccc(-c2ccccc2S(C)(=O)=O)cc1.CN. The van der Waals surface area contributed by atoms with Gasteiger partial charge < -0.3 is 16.8 Å². The predicted octanol–water partition coefficient (Wildman–Crippen LogP) is 4.91. The molecule has 3 aromatic rings. The molecule has 0 saturated heterocycles. The van der Waals surface area contributed by atoms with Crippen LogP contribution < -0.4 is 22.2 Å². The number of amides is 2. The van der Waals surface area contributed by atoms with E-state index in [2.05, 4.69) is 16.5 Å². The number of nitrogen functional groups attached to an aromatic ring is 1. The van der Waals surface area contributed by atoms with Gasteiger partial charge in [0.1, 0.15) is 5.84 Å². The molecule has 10 heteroatoms. The number of rotatable bonds is 8. The quantitative estimate of drug-likeness (QED) is 0.160. The van der Waals surface area contributed by atoms with Crippen molar-refractivity contribution in [3.8, 4) is 11.1 Å². The molecule has 9 nitrogen and oxygen atoms in total. The van der Waals surface area contributed by atoms with Crippen molar-refractivity contribution in [2.24, 2.45) is 11.5 Å². The van der Waals surface area contributed by atoms with Gasteiger partial charge in [-0.2, -0.15) is 0 Å². The highest BCUT2D eigenvalue weighted by atomic mass is 32.2. The van der Waals surface area contributed by atoms with Crippen molar-refractivity contribution in [3.05, 3.63) is 78.4 Å². The Balaban J connectivity index is 0.00000163. The molecule has 0 spiro atoms. The zero-order chi connectivity index (χ0) is 28.0. The first-order valence-electron chi connectivity index (χ1n) is 12.0. The summed E-state index contributed by atoms with van der Waals surface area (Å²) in [4.78, 5) is 13.1.